The zero-order valence-electron chi connectivity index (χ0n) is 12.9. The lowest BCUT2D eigenvalue weighted by atomic mass is 10.1. The van der Waals surface area contributed by atoms with Crippen molar-refractivity contribution < 1.29 is 29.3 Å². The van der Waals surface area contributed by atoms with Crippen LogP contribution in [0.2, 0.25) is 0 Å². The minimum absolute atomic E-state index is 0.0665. The molecule has 8 heteroatoms. The number of hydrogen-bond acceptors (Lipinski definition) is 5. The van der Waals surface area contributed by atoms with Crippen LogP contribution in [0.15, 0.2) is 0 Å². The van der Waals surface area contributed by atoms with Crippen LogP contribution in [0.1, 0.15) is 33.6 Å². The topological polar surface area (TPSA) is 116 Å². The van der Waals surface area contributed by atoms with E-state index in [1.54, 1.807) is 20.8 Å². The van der Waals surface area contributed by atoms with Crippen LogP contribution in [0.3, 0.4) is 0 Å². The van der Waals surface area contributed by atoms with E-state index >= 15 is 0 Å². The summed E-state index contributed by atoms with van der Waals surface area (Å²) in [5.74, 6) is -1.75. The molecule has 0 fully saturated rings. The van der Waals surface area contributed by atoms with Gasteiger partial charge in [-0.1, -0.05) is 0 Å². The quantitative estimate of drug-likeness (QED) is 0.578. The van der Waals surface area contributed by atoms with Gasteiger partial charge in [0.2, 0.25) is 0 Å². The van der Waals surface area contributed by atoms with Crippen LogP contribution in [0.25, 0.3) is 0 Å². The standard InChI is InChI=1S/C13H24N2O6/c1-13(2,3)21-10(17)6-5-9(11(18)19)14-12(20)15(4)7-8-16/h9,16H,5-8H2,1-4H3,(H,14,20)(H,18,19)/t9-/m1/s1. The molecule has 0 aromatic heterocycles. The van der Waals surface area contributed by atoms with E-state index in [0.29, 0.717) is 0 Å². The maximum atomic E-state index is 11.6. The van der Waals surface area contributed by atoms with E-state index in [-0.39, 0.29) is 26.0 Å². The molecule has 0 saturated heterocycles. The third-order valence-corrected chi connectivity index (χ3v) is 2.44. The minimum Gasteiger partial charge on any atom is -0.480 e. The number of ether oxygens (including phenoxy) is 1. The van der Waals surface area contributed by atoms with Gasteiger partial charge in [-0.25, -0.2) is 9.59 Å². The van der Waals surface area contributed by atoms with Gasteiger partial charge in [-0.15, -0.1) is 0 Å². The fourth-order valence-corrected chi connectivity index (χ4v) is 1.42. The highest BCUT2D eigenvalue weighted by atomic mass is 16.6. The maximum Gasteiger partial charge on any atom is 0.326 e. The Balaban J connectivity index is 4.42. The van der Waals surface area contributed by atoms with Crippen LogP contribution in [0.4, 0.5) is 4.79 Å². The number of esters is 1. The summed E-state index contributed by atoms with van der Waals surface area (Å²) in [4.78, 5) is 35.4. The number of rotatable bonds is 7. The lowest BCUT2D eigenvalue weighted by Crippen LogP contribution is -2.47. The average Bonchev–Trinajstić information content (AvgIpc) is 2.31. The molecule has 8 nitrogen and oxygen atoms in total. The fraction of sp³-hybridized carbons (Fsp3) is 0.769. The number of carboxylic acid groups (broad SMARTS) is 1. The third-order valence-electron chi connectivity index (χ3n) is 2.44. The lowest BCUT2D eigenvalue weighted by Gasteiger charge is -2.22. The molecule has 122 valence electrons. The van der Waals surface area contributed by atoms with Gasteiger partial charge in [-0.3, -0.25) is 4.79 Å². The highest BCUT2D eigenvalue weighted by Gasteiger charge is 2.24. The van der Waals surface area contributed by atoms with Gasteiger partial charge in [0.15, 0.2) is 0 Å². The third kappa shape index (κ3) is 8.85. The van der Waals surface area contributed by atoms with Crippen molar-refractivity contribution in [2.24, 2.45) is 0 Å². The van der Waals surface area contributed by atoms with Crippen molar-refractivity contribution in [3.63, 3.8) is 0 Å². The number of carbonyl (C=O) groups is 3. The van der Waals surface area contributed by atoms with Crippen LogP contribution in [0.5, 0.6) is 0 Å². The van der Waals surface area contributed by atoms with Gasteiger partial charge in [0.1, 0.15) is 11.6 Å². The minimum atomic E-state index is -1.23. The number of nitrogens with one attached hydrogen (secondary N) is 1. The van der Waals surface area contributed by atoms with Crippen molar-refractivity contribution in [1.82, 2.24) is 10.2 Å². The predicted octanol–water partition coefficient (Wildman–Crippen LogP) is 0.195. The molecule has 0 aromatic rings. The molecule has 0 rings (SSSR count). The zero-order valence-corrected chi connectivity index (χ0v) is 12.9. The Morgan fingerprint density at radius 1 is 1.29 bits per heavy atom. The highest BCUT2D eigenvalue weighted by Crippen LogP contribution is 2.10. The van der Waals surface area contributed by atoms with Crippen molar-refractivity contribution in [2.45, 2.75) is 45.3 Å². The van der Waals surface area contributed by atoms with Gasteiger partial charge < -0.3 is 25.2 Å². The Bertz CT molecular complexity index is 377. The van der Waals surface area contributed by atoms with Crippen LogP contribution in [-0.4, -0.2) is 64.9 Å². The van der Waals surface area contributed by atoms with Crippen molar-refractivity contribution >= 4 is 18.0 Å². The molecule has 1 atom stereocenters. The van der Waals surface area contributed by atoms with Crippen molar-refractivity contribution in [1.29, 1.82) is 0 Å². The van der Waals surface area contributed by atoms with Crippen LogP contribution >= 0.6 is 0 Å². The van der Waals surface area contributed by atoms with Gasteiger partial charge in [-0.2, -0.15) is 0 Å². The summed E-state index contributed by atoms with van der Waals surface area (Å²) in [6.07, 6.45) is -0.179. The Kier molecular flexibility index (Phi) is 7.72. The summed E-state index contributed by atoms with van der Waals surface area (Å²) in [5, 5.41) is 20.0. The van der Waals surface area contributed by atoms with Gasteiger partial charge in [0.25, 0.3) is 0 Å². The largest absolute Gasteiger partial charge is 0.480 e. The number of carboxylic acids is 1. The van der Waals surface area contributed by atoms with Gasteiger partial charge >= 0.3 is 18.0 Å². The molecule has 0 aliphatic heterocycles. The first-order chi connectivity index (χ1) is 9.56. The number of likely N-dealkylation sites (N-methyl/N-ethyl adjacent to an activating group) is 1. The van der Waals surface area contributed by atoms with Crippen LogP contribution < -0.4 is 5.32 Å². The molecule has 0 aliphatic carbocycles. The Hall–Kier alpha value is -1.83. The summed E-state index contributed by atoms with van der Waals surface area (Å²) in [5.41, 5.74) is -0.638. The number of urea groups is 1. The van der Waals surface area contributed by atoms with Gasteiger partial charge in [0.05, 0.1) is 6.61 Å². The molecule has 2 amide bonds. The van der Waals surface area contributed by atoms with E-state index in [1.807, 2.05) is 0 Å². The summed E-state index contributed by atoms with van der Waals surface area (Å²) in [7, 11) is 1.43. The lowest BCUT2D eigenvalue weighted by molar-refractivity contribution is -0.155. The van der Waals surface area contributed by atoms with Crippen molar-refractivity contribution in [2.75, 3.05) is 20.2 Å². The number of aliphatic hydroxyl groups is 1. The SMILES string of the molecule is CN(CCO)C(=O)N[C@H](CCC(=O)OC(C)(C)C)C(=O)O. The second-order valence-corrected chi connectivity index (χ2v) is 5.61. The van der Waals surface area contributed by atoms with E-state index in [1.165, 1.54) is 7.05 Å². The van der Waals surface area contributed by atoms with Gasteiger partial charge in [-0.05, 0) is 27.2 Å². The first-order valence-electron chi connectivity index (χ1n) is 6.64. The highest BCUT2D eigenvalue weighted by molar-refractivity contribution is 5.83. The van der Waals surface area contributed by atoms with Crippen molar-refractivity contribution in [3.8, 4) is 0 Å². The number of aliphatic carboxylic acids is 1. The molecule has 0 radical (unpaired) electrons. The normalized spacial score (nSPS) is 12.4. The van der Waals surface area contributed by atoms with Crippen molar-refractivity contribution in [3.05, 3.63) is 0 Å². The fourth-order valence-electron chi connectivity index (χ4n) is 1.42. The Morgan fingerprint density at radius 3 is 2.29 bits per heavy atom. The summed E-state index contributed by atoms with van der Waals surface area (Å²) >= 11 is 0. The first-order valence-corrected chi connectivity index (χ1v) is 6.64. The number of amides is 2. The molecule has 21 heavy (non-hydrogen) atoms. The first kappa shape index (κ1) is 19.2. The number of aliphatic hydroxyl groups excluding tert-OH is 1. The van der Waals surface area contributed by atoms with E-state index in [9.17, 15) is 14.4 Å². The number of hydrogen-bond donors (Lipinski definition) is 3. The summed E-state index contributed by atoms with van der Waals surface area (Å²) in [6, 6.07) is -1.81. The van der Waals surface area contributed by atoms with E-state index in [4.69, 9.17) is 14.9 Å². The molecule has 0 spiro atoms. The second kappa shape index (κ2) is 8.46. The molecule has 3 N–H and O–H groups in total. The van der Waals surface area contributed by atoms with E-state index < -0.39 is 29.6 Å². The Labute approximate surface area is 124 Å². The molecule has 0 unspecified atom stereocenters. The second-order valence-electron chi connectivity index (χ2n) is 5.61. The molecular formula is C13H24N2O6. The predicted molar refractivity (Wildman–Crippen MR) is 74.8 cm³/mol. The van der Waals surface area contributed by atoms with E-state index in [2.05, 4.69) is 5.32 Å². The monoisotopic (exact) mass is 304 g/mol. The van der Waals surface area contributed by atoms with Gasteiger partial charge in [0, 0.05) is 20.0 Å². The summed E-state index contributed by atoms with van der Waals surface area (Å²) < 4.78 is 5.07. The number of carbonyl (C=O) groups excluding carboxylic acids is 2. The molecule has 0 heterocycles. The van der Waals surface area contributed by atoms with Crippen LogP contribution in [-0.2, 0) is 14.3 Å². The van der Waals surface area contributed by atoms with Crippen LogP contribution in [0, 0.1) is 0 Å². The molecular weight excluding hydrogens is 280 g/mol. The maximum absolute atomic E-state index is 11.6. The molecule has 0 bridgehead atoms. The Morgan fingerprint density at radius 2 is 1.86 bits per heavy atom. The molecule has 0 aliphatic rings. The molecule has 0 saturated carbocycles. The number of nitrogens with zero attached hydrogens (tertiary/aromatic N) is 1. The van der Waals surface area contributed by atoms with E-state index in [0.717, 1.165) is 4.90 Å². The summed E-state index contributed by atoms with van der Waals surface area (Å²) in [6.45, 7) is 5.01. The smallest absolute Gasteiger partial charge is 0.326 e. The zero-order chi connectivity index (χ0) is 16.6. The average molecular weight is 304 g/mol. The molecule has 0 aromatic carbocycles.